The molecule has 4 heteroatoms. The van der Waals surface area contributed by atoms with E-state index in [4.69, 9.17) is 5.11 Å². The van der Waals surface area contributed by atoms with E-state index in [0.717, 1.165) is 32.1 Å². The Kier molecular flexibility index (Phi) is 5.36. The van der Waals surface area contributed by atoms with E-state index in [0.29, 0.717) is 35.5 Å². The lowest BCUT2D eigenvalue weighted by molar-refractivity contribution is -0.174. The Hall–Kier alpha value is -0.610. The summed E-state index contributed by atoms with van der Waals surface area (Å²) in [4.78, 5) is 11.1. The van der Waals surface area contributed by atoms with Crippen molar-refractivity contribution in [2.45, 2.75) is 97.2 Å². The summed E-state index contributed by atoms with van der Waals surface area (Å²) in [6.45, 7) is 7.16. The molecular weight excluding hydrogens is 352 g/mol. The van der Waals surface area contributed by atoms with Crippen LogP contribution in [0.4, 0.5) is 0 Å². The predicted octanol–water partition coefficient (Wildman–Crippen LogP) is 4.48. The molecule has 0 spiro atoms. The van der Waals surface area contributed by atoms with Gasteiger partial charge in [-0.25, -0.2) is 0 Å². The number of fused-ring (bicyclic) bond motifs is 5. The molecule has 4 saturated carbocycles. The van der Waals surface area contributed by atoms with E-state index in [2.05, 4.69) is 20.8 Å². The van der Waals surface area contributed by atoms with E-state index in [1.54, 1.807) is 0 Å². The summed E-state index contributed by atoms with van der Waals surface area (Å²) in [7, 11) is 0. The van der Waals surface area contributed by atoms with E-state index in [1.807, 2.05) is 0 Å². The summed E-state index contributed by atoms with van der Waals surface area (Å²) >= 11 is 0. The Morgan fingerprint density at radius 2 is 1.68 bits per heavy atom. The van der Waals surface area contributed by atoms with E-state index in [9.17, 15) is 15.0 Å². The molecule has 4 rings (SSSR count). The number of aliphatic hydroxyl groups is 2. The van der Waals surface area contributed by atoms with E-state index >= 15 is 0 Å². The molecule has 28 heavy (non-hydrogen) atoms. The molecule has 4 aliphatic rings. The van der Waals surface area contributed by atoms with Crippen molar-refractivity contribution in [1.29, 1.82) is 0 Å². The minimum atomic E-state index is -0.684. The van der Waals surface area contributed by atoms with Gasteiger partial charge >= 0.3 is 5.97 Å². The van der Waals surface area contributed by atoms with Gasteiger partial charge in [0.25, 0.3) is 0 Å². The minimum Gasteiger partial charge on any atom is -0.481 e. The predicted molar refractivity (Wildman–Crippen MR) is 109 cm³/mol. The van der Waals surface area contributed by atoms with Crippen LogP contribution in [0.2, 0.25) is 0 Å². The van der Waals surface area contributed by atoms with Crippen LogP contribution in [0.1, 0.15) is 85.0 Å². The van der Waals surface area contributed by atoms with Gasteiger partial charge in [-0.3, -0.25) is 4.79 Å². The number of aliphatic hydroxyl groups excluding tert-OH is 2. The molecule has 0 saturated heterocycles. The van der Waals surface area contributed by atoms with E-state index in [1.165, 1.54) is 25.7 Å². The summed E-state index contributed by atoms with van der Waals surface area (Å²) in [6.07, 6.45) is 9.19. The lowest BCUT2D eigenvalue weighted by atomic mass is 9.43. The van der Waals surface area contributed by atoms with Gasteiger partial charge in [-0.15, -0.1) is 0 Å². The van der Waals surface area contributed by atoms with Crippen molar-refractivity contribution in [3.05, 3.63) is 0 Å². The van der Waals surface area contributed by atoms with Crippen LogP contribution >= 0.6 is 0 Å². The molecule has 160 valence electrons. The van der Waals surface area contributed by atoms with Gasteiger partial charge in [0.15, 0.2) is 0 Å². The highest BCUT2D eigenvalue weighted by molar-refractivity contribution is 5.66. The molecule has 4 aliphatic carbocycles. The first-order valence-corrected chi connectivity index (χ1v) is 11.7. The van der Waals surface area contributed by atoms with Crippen molar-refractivity contribution in [3.8, 4) is 0 Å². The highest BCUT2D eigenvalue weighted by Gasteiger charge is 2.62. The Bertz CT molecular complexity index is 605. The van der Waals surface area contributed by atoms with Crippen LogP contribution in [0.3, 0.4) is 0 Å². The highest BCUT2D eigenvalue weighted by Crippen LogP contribution is 2.68. The number of hydrogen-bond donors (Lipinski definition) is 3. The third-order valence-corrected chi connectivity index (χ3v) is 10.2. The second-order valence-corrected chi connectivity index (χ2v) is 11.4. The number of aliphatic carboxylic acids is 1. The molecular formula is C24H40O4. The van der Waals surface area contributed by atoms with Crippen molar-refractivity contribution < 1.29 is 20.1 Å². The van der Waals surface area contributed by atoms with E-state index in [-0.39, 0.29) is 29.5 Å². The fourth-order valence-corrected chi connectivity index (χ4v) is 8.73. The van der Waals surface area contributed by atoms with E-state index < -0.39 is 5.97 Å². The average Bonchev–Trinajstić information content (AvgIpc) is 2.98. The lowest BCUT2D eigenvalue weighted by Gasteiger charge is -2.62. The summed E-state index contributed by atoms with van der Waals surface area (Å²) in [5, 5.41) is 30.5. The first-order valence-electron chi connectivity index (χ1n) is 11.7. The lowest BCUT2D eigenvalue weighted by Crippen LogP contribution is -2.58. The van der Waals surface area contributed by atoms with Gasteiger partial charge in [-0.2, -0.15) is 0 Å². The maximum Gasteiger partial charge on any atom is 0.303 e. The number of rotatable bonds is 4. The average molecular weight is 393 g/mol. The first kappa shape index (κ1) is 20.7. The zero-order valence-corrected chi connectivity index (χ0v) is 17.9. The maximum absolute atomic E-state index is 11.2. The second-order valence-electron chi connectivity index (χ2n) is 11.4. The Morgan fingerprint density at radius 3 is 2.39 bits per heavy atom. The van der Waals surface area contributed by atoms with Crippen molar-refractivity contribution in [3.63, 3.8) is 0 Å². The van der Waals surface area contributed by atoms with Crippen molar-refractivity contribution in [2.75, 3.05) is 0 Å². The molecule has 0 amide bonds. The molecule has 0 aromatic rings. The molecule has 3 N–H and O–H groups in total. The topological polar surface area (TPSA) is 77.8 Å². The number of carboxylic acid groups (broad SMARTS) is 1. The van der Waals surface area contributed by atoms with Gasteiger partial charge in [-0.05, 0) is 104 Å². The fourth-order valence-electron chi connectivity index (χ4n) is 8.73. The number of carboxylic acids is 1. The molecule has 5 unspecified atom stereocenters. The summed E-state index contributed by atoms with van der Waals surface area (Å²) in [5.74, 6) is 2.36. The normalized spacial score (nSPS) is 51.7. The molecule has 0 aromatic heterocycles. The van der Waals surface area contributed by atoms with Crippen molar-refractivity contribution in [1.82, 2.24) is 0 Å². The number of hydrogen-bond acceptors (Lipinski definition) is 3. The Morgan fingerprint density at radius 1 is 1.00 bits per heavy atom. The molecule has 0 radical (unpaired) electrons. The van der Waals surface area contributed by atoms with Crippen LogP contribution in [-0.4, -0.2) is 33.5 Å². The SMILES string of the molecule is CC(CCC(=O)O)[C@H]1CCC2[C@@H]3C(O)C[C@@H]4CC(O)CC[C@]4(C)C3CC[C@@]21C. The van der Waals surface area contributed by atoms with Gasteiger partial charge in [0.2, 0.25) is 0 Å². The molecule has 0 heterocycles. The number of carbonyl (C=O) groups is 1. The van der Waals surface area contributed by atoms with Gasteiger partial charge in [0.1, 0.15) is 0 Å². The molecule has 4 fully saturated rings. The van der Waals surface area contributed by atoms with Crippen LogP contribution in [-0.2, 0) is 4.79 Å². The quantitative estimate of drug-likeness (QED) is 0.659. The Balaban J connectivity index is 1.55. The first-order chi connectivity index (χ1) is 13.2. The third-order valence-electron chi connectivity index (χ3n) is 10.2. The van der Waals surface area contributed by atoms with Crippen molar-refractivity contribution in [2.24, 2.45) is 46.3 Å². The molecule has 10 atom stereocenters. The zero-order valence-electron chi connectivity index (χ0n) is 17.9. The molecule has 4 nitrogen and oxygen atoms in total. The second kappa shape index (κ2) is 7.27. The molecule has 0 bridgehead atoms. The molecule has 0 aliphatic heterocycles. The van der Waals surface area contributed by atoms with Gasteiger partial charge < -0.3 is 15.3 Å². The monoisotopic (exact) mass is 392 g/mol. The van der Waals surface area contributed by atoms with Gasteiger partial charge in [-0.1, -0.05) is 20.8 Å². The van der Waals surface area contributed by atoms with Gasteiger partial charge in [0, 0.05) is 6.42 Å². The van der Waals surface area contributed by atoms with Crippen LogP contribution < -0.4 is 0 Å². The fraction of sp³-hybridized carbons (Fsp3) is 0.958. The van der Waals surface area contributed by atoms with Crippen molar-refractivity contribution >= 4 is 5.97 Å². The molecule has 0 aromatic carbocycles. The smallest absolute Gasteiger partial charge is 0.303 e. The summed E-state index contributed by atoms with van der Waals surface area (Å²) in [6, 6.07) is 0. The van der Waals surface area contributed by atoms with Crippen LogP contribution in [0, 0.1) is 46.3 Å². The highest BCUT2D eigenvalue weighted by atomic mass is 16.4. The maximum atomic E-state index is 11.2. The third kappa shape index (κ3) is 3.14. The van der Waals surface area contributed by atoms with Crippen LogP contribution in [0.25, 0.3) is 0 Å². The largest absolute Gasteiger partial charge is 0.481 e. The van der Waals surface area contributed by atoms with Gasteiger partial charge in [0.05, 0.1) is 12.2 Å². The van der Waals surface area contributed by atoms with Crippen LogP contribution in [0.5, 0.6) is 0 Å². The zero-order chi connectivity index (χ0) is 20.3. The summed E-state index contributed by atoms with van der Waals surface area (Å²) in [5.41, 5.74) is 0.523. The minimum absolute atomic E-state index is 0.179. The Labute approximate surface area is 170 Å². The summed E-state index contributed by atoms with van der Waals surface area (Å²) < 4.78 is 0. The standard InChI is InChI=1S/C24H40O4/c1-14(4-7-21(27)28)17-5-6-18-22-19(9-11-24(17,18)3)23(2)10-8-16(25)12-15(23)13-20(22)26/h14-20,22,25-26H,4-13H2,1-3H3,(H,27,28)/t14?,15-,16?,17+,18?,19?,20?,22-,23-,24+/m0/s1. The van der Waals surface area contributed by atoms with Crippen LogP contribution in [0.15, 0.2) is 0 Å².